The lowest BCUT2D eigenvalue weighted by atomic mass is 9.76. The van der Waals surface area contributed by atoms with Crippen molar-refractivity contribution in [2.75, 3.05) is 11.9 Å². The van der Waals surface area contributed by atoms with Crippen LogP contribution in [0.3, 0.4) is 0 Å². The fourth-order valence-corrected chi connectivity index (χ4v) is 5.21. The van der Waals surface area contributed by atoms with E-state index in [2.05, 4.69) is 38.1 Å². The second-order valence-corrected chi connectivity index (χ2v) is 9.25. The van der Waals surface area contributed by atoms with Crippen molar-refractivity contribution in [3.8, 4) is 0 Å². The Bertz CT molecular complexity index is 1150. The molecule has 5 rings (SSSR count). The largest absolute Gasteiger partial charge is 0.390 e. The van der Waals surface area contributed by atoms with Gasteiger partial charge in [-0.1, -0.05) is 30.2 Å². The lowest BCUT2D eigenvalue weighted by Gasteiger charge is -2.37. The van der Waals surface area contributed by atoms with Crippen molar-refractivity contribution in [1.29, 1.82) is 0 Å². The number of benzene rings is 1. The van der Waals surface area contributed by atoms with Crippen LogP contribution in [0.15, 0.2) is 42.9 Å². The highest BCUT2D eigenvalue weighted by Gasteiger charge is 2.34. The van der Waals surface area contributed by atoms with Gasteiger partial charge in [0.1, 0.15) is 5.52 Å². The van der Waals surface area contributed by atoms with Gasteiger partial charge >= 0.3 is 0 Å². The molecule has 0 aliphatic heterocycles. The number of rotatable bonds is 5. The predicted molar refractivity (Wildman–Crippen MR) is 117 cm³/mol. The van der Waals surface area contributed by atoms with Crippen LogP contribution < -0.4 is 5.32 Å². The zero-order valence-corrected chi connectivity index (χ0v) is 17.3. The molecule has 1 saturated carbocycles. The van der Waals surface area contributed by atoms with E-state index >= 15 is 0 Å². The van der Waals surface area contributed by atoms with E-state index in [1.165, 1.54) is 12.0 Å². The van der Waals surface area contributed by atoms with Crippen LogP contribution in [-0.2, 0) is 6.54 Å². The molecule has 29 heavy (non-hydrogen) atoms. The number of fused-ring (bicyclic) bond motifs is 2. The van der Waals surface area contributed by atoms with Crippen LogP contribution in [0.25, 0.3) is 21.4 Å². The molecule has 0 radical (unpaired) electrons. The summed E-state index contributed by atoms with van der Waals surface area (Å²) in [5, 5.41) is 15.0. The molecule has 1 aromatic carbocycles. The summed E-state index contributed by atoms with van der Waals surface area (Å²) in [6.07, 6.45) is 7.92. The normalized spacial score (nSPS) is 22.3. The number of aromatic nitrogens is 4. The number of anilines is 1. The van der Waals surface area contributed by atoms with Gasteiger partial charge in [0.2, 0.25) is 0 Å². The zero-order chi connectivity index (χ0) is 19.8. The summed E-state index contributed by atoms with van der Waals surface area (Å²) in [7, 11) is 0. The zero-order valence-electron chi connectivity index (χ0n) is 16.5. The smallest absolute Gasteiger partial charge is 0.183 e. The fraction of sp³-hybridized carbons (Fsp3) is 0.409. The van der Waals surface area contributed by atoms with Gasteiger partial charge in [-0.2, -0.15) is 0 Å². The molecule has 3 heterocycles. The van der Waals surface area contributed by atoms with Crippen molar-refractivity contribution < 1.29 is 5.11 Å². The van der Waals surface area contributed by atoms with Crippen LogP contribution in [0.4, 0.5) is 5.13 Å². The molecule has 1 unspecified atom stereocenters. The Labute approximate surface area is 173 Å². The van der Waals surface area contributed by atoms with Gasteiger partial charge in [-0.15, -0.1) is 0 Å². The number of nitrogens with zero attached hydrogens (tertiary/aromatic N) is 4. The average Bonchev–Trinajstić information content (AvgIpc) is 3.30. The van der Waals surface area contributed by atoms with Crippen LogP contribution in [0.2, 0.25) is 0 Å². The molecule has 0 saturated heterocycles. The van der Waals surface area contributed by atoms with Gasteiger partial charge in [0, 0.05) is 18.7 Å². The van der Waals surface area contributed by atoms with Crippen molar-refractivity contribution in [2.24, 2.45) is 5.92 Å². The standard InChI is InChI=1S/C22H25N5OS/c1-22(28)9-3-2-5-16(22)12-24-21-26-17-8-7-15(11-19(17)29-21)13-27-14-25-18-6-4-10-23-20(18)27/h4,6-8,10-11,14,16,28H,2-3,5,9,12-13H2,1H3,(H,24,26)/t16?,22-/m0/s1. The third-order valence-electron chi connectivity index (χ3n) is 6.04. The minimum atomic E-state index is -0.573. The molecule has 1 aliphatic rings. The summed E-state index contributed by atoms with van der Waals surface area (Å²) >= 11 is 1.67. The number of imidazole rings is 1. The second-order valence-electron chi connectivity index (χ2n) is 8.22. The lowest BCUT2D eigenvalue weighted by molar-refractivity contribution is -0.0261. The van der Waals surface area contributed by atoms with Gasteiger partial charge in [-0.05, 0) is 49.6 Å². The maximum absolute atomic E-state index is 10.6. The van der Waals surface area contributed by atoms with Gasteiger partial charge in [0.25, 0.3) is 0 Å². The number of hydrogen-bond donors (Lipinski definition) is 2. The Morgan fingerprint density at radius 1 is 1.24 bits per heavy atom. The van der Waals surface area contributed by atoms with Gasteiger partial charge < -0.3 is 15.0 Å². The summed E-state index contributed by atoms with van der Waals surface area (Å²) in [4.78, 5) is 13.6. The first kappa shape index (κ1) is 18.5. The van der Waals surface area contributed by atoms with Crippen LogP contribution in [-0.4, -0.2) is 36.8 Å². The molecule has 3 aromatic heterocycles. The molecule has 4 aromatic rings. The van der Waals surface area contributed by atoms with E-state index in [0.29, 0.717) is 0 Å². The molecule has 0 bridgehead atoms. The third-order valence-corrected chi connectivity index (χ3v) is 7.02. The SMILES string of the molecule is C[C@]1(O)CCCCC1CNc1nc2ccc(Cn3cnc4cccnc43)cc2s1. The summed E-state index contributed by atoms with van der Waals surface area (Å²) in [6.45, 7) is 3.47. The summed E-state index contributed by atoms with van der Waals surface area (Å²) in [5.41, 5.74) is 3.45. The monoisotopic (exact) mass is 407 g/mol. The van der Waals surface area contributed by atoms with E-state index in [0.717, 1.165) is 58.9 Å². The van der Waals surface area contributed by atoms with E-state index in [1.54, 1.807) is 17.5 Å². The highest BCUT2D eigenvalue weighted by molar-refractivity contribution is 7.22. The quantitative estimate of drug-likeness (QED) is 0.511. The minimum absolute atomic E-state index is 0.279. The lowest BCUT2D eigenvalue weighted by Crippen LogP contribution is -2.41. The van der Waals surface area contributed by atoms with Gasteiger partial charge in [0.15, 0.2) is 10.8 Å². The number of thiazole rings is 1. The minimum Gasteiger partial charge on any atom is -0.390 e. The summed E-state index contributed by atoms with van der Waals surface area (Å²) in [5.74, 6) is 0.279. The maximum Gasteiger partial charge on any atom is 0.183 e. The Morgan fingerprint density at radius 3 is 3.07 bits per heavy atom. The molecule has 2 N–H and O–H groups in total. The molecular weight excluding hydrogens is 382 g/mol. The van der Waals surface area contributed by atoms with Gasteiger partial charge in [-0.3, -0.25) is 0 Å². The second kappa shape index (κ2) is 7.39. The molecule has 1 aliphatic carbocycles. The maximum atomic E-state index is 10.6. The predicted octanol–water partition coefficient (Wildman–Crippen LogP) is 4.44. The molecule has 7 heteroatoms. The van der Waals surface area contributed by atoms with E-state index in [9.17, 15) is 5.11 Å². The Kier molecular flexibility index (Phi) is 4.72. The Balaban J connectivity index is 1.32. The van der Waals surface area contributed by atoms with Gasteiger partial charge in [-0.25, -0.2) is 15.0 Å². The number of pyridine rings is 1. The first-order chi connectivity index (χ1) is 14.1. The van der Waals surface area contributed by atoms with Crippen molar-refractivity contribution in [3.05, 3.63) is 48.4 Å². The number of hydrogen-bond acceptors (Lipinski definition) is 6. The average molecular weight is 408 g/mol. The van der Waals surface area contributed by atoms with Crippen LogP contribution in [0, 0.1) is 5.92 Å². The van der Waals surface area contributed by atoms with Crippen LogP contribution >= 0.6 is 11.3 Å². The first-order valence-corrected chi connectivity index (χ1v) is 11.0. The molecule has 0 amide bonds. The molecule has 0 spiro atoms. The topological polar surface area (TPSA) is 75.9 Å². The molecule has 2 atom stereocenters. The van der Waals surface area contributed by atoms with Crippen LogP contribution in [0.5, 0.6) is 0 Å². The highest BCUT2D eigenvalue weighted by atomic mass is 32.1. The summed E-state index contributed by atoms with van der Waals surface area (Å²) in [6, 6.07) is 10.3. The van der Waals surface area contributed by atoms with E-state index in [-0.39, 0.29) is 5.92 Å². The van der Waals surface area contributed by atoms with Crippen molar-refractivity contribution in [1.82, 2.24) is 19.5 Å². The highest BCUT2D eigenvalue weighted by Crippen LogP contribution is 2.34. The fourth-order valence-electron chi connectivity index (χ4n) is 4.27. The first-order valence-electron chi connectivity index (χ1n) is 10.2. The summed E-state index contributed by atoms with van der Waals surface area (Å²) < 4.78 is 3.24. The Morgan fingerprint density at radius 2 is 2.17 bits per heavy atom. The molecule has 1 fully saturated rings. The van der Waals surface area contributed by atoms with Crippen molar-refractivity contribution >= 4 is 37.8 Å². The number of nitrogens with one attached hydrogen (secondary N) is 1. The molecule has 6 nitrogen and oxygen atoms in total. The van der Waals surface area contributed by atoms with Gasteiger partial charge in [0.05, 0.1) is 28.7 Å². The third kappa shape index (κ3) is 3.72. The molecule has 150 valence electrons. The number of aliphatic hydroxyl groups is 1. The van der Waals surface area contributed by atoms with E-state index in [1.807, 2.05) is 25.4 Å². The van der Waals surface area contributed by atoms with Crippen molar-refractivity contribution in [3.63, 3.8) is 0 Å². The van der Waals surface area contributed by atoms with Crippen molar-refractivity contribution in [2.45, 2.75) is 44.8 Å². The molecular formula is C22H25N5OS. The van der Waals surface area contributed by atoms with E-state index in [4.69, 9.17) is 4.98 Å². The van der Waals surface area contributed by atoms with Crippen LogP contribution in [0.1, 0.15) is 38.2 Å². The Hall–Kier alpha value is -2.51. The van der Waals surface area contributed by atoms with E-state index < -0.39 is 5.60 Å².